The first-order chi connectivity index (χ1) is 12.6. The van der Waals surface area contributed by atoms with Crippen LogP contribution in [0.25, 0.3) is 5.57 Å². The molecule has 0 spiro atoms. The molecule has 27 heavy (non-hydrogen) atoms. The number of methoxy groups -OCH3 is 1. The van der Waals surface area contributed by atoms with Gasteiger partial charge in [-0.05, 0) is 31.6 Å². The Labute approximate surface area is 159 Å². The number of carbonyl (C=O) groups excluding carboxylic acids is 1. The molecule has 7 nitrogen and oxygen atoms in total. The molecule has 1 aromatic heterocycles. The summed E-state index contributed by atoms with van der Waals surface area (Å²) in [6, 6.07) is 0. The minimum Gasteiger partial charge on any atom is -0.466 e. The summed E-state index contributed by atoms with van der Waals surface area (Å²) in [4.78, 5) is 34.7. The summed E-state index contributed by atoms with van der Waals surface area (Å²) in [6.45, 7) is 5.29. The molecule has 2 rings (SSSR count). The lowest BCUT2D eigenvalue weighted by molar-refractivity contribution is -0.136. The first kappa shape index (κ1) is 21.7. The van der Waals surface area contributed by atoms with Crippen LogP contribution >= 0.6 is 7.37 Å². The van der Waals surface area contributed by atoms with Gasteiger partial charge in [0.15, 0.2) is 11.5 Å². The average Bonchev–Trinajstić information content (AvgIpc) is 2.91. The number of hydrogen-bond donors (Lipinski definition) is 1. The highest BCUT2D eigenvalue weighted by Crippen LogP contribution is 2.48. The maximum atomic E-state index is 12.8. The molecule has 0 aromatic carbocycles. The first-order valence-electron chi connectivity index (χ1n) is 9.37. The zero-order valence-electron chi connectivity index (χ0n) is 16.4. The van der Waals surface area contributed by atoms with E-state index in [0.717, 1.165) is 32.1 Å². The third-order valence-corrected chi connectivity index (χ3v) is 6.92. The molecule has 0 radical (unpaired) electrons. The van der Waals surface area contributed by atoms with Crippen LogP contribution in [0.3, 0.4) is 0 Å². The molecule has 0 saturated heterocycles. The highest BCUT2D eigenvalue weighted by Gasteiger charge is 2.34. The number of rotatable bonds is 7. The summed E-state index contributed by atoms with van der Waals surface area (Å²) in [5, 5.41) is 0. The highest BCUT2D eigenvalue weighted by atomic mass is 31.2. The molecule has 1 saturated carbocycles. The Balaban J connectivity index is 2.63. The number of ether oxygens (including phenoxy) is 1. The van der Waals surface area contributed by atoms with Gasteiger partial charge in [-0.2, -0.15) is 0 Å². The van der Waals surface area contributed by atoms with E-state index in [2.05, 4.69) is 0 Å². The number of esters is 1. The molecule has 152 valence electrons. The summed E-state index contributed by atoms with van der Waals surface area (Å²) in [6.07, 6.45) is 4.46. The van der Waals surface area contributed by atoms with Crippen molar-refractivity contribution in [2.24, 2.45) is 11.8 Å². The Morgan fingerprint density at radius 2 is 1.89 bits per heavy atom. The lowest BCUT2D eigenvalue weighted by Gasteiger charge is -2.26. The van der Waals surface area contributed by atoms with Gasteiger partial charge in [0.25, 0.3) is 0 Å². The summed E-state index contributed by atoms with van der Waals surface area (Å²) in [7, 11) is -2.37. The molecule has 8 heteroatoms. The summed E-state index contributed by atoms with van der Waals surface area (Å²) < 4.78 is 27.9. The van der Waals surface area contributed by atoms with Gasteiger partial charge in [0.2, 0.25) is 7.37 Å². The van der Waals surface area contributed by atoms with Gasteiger partial charge in [-0.1, -0.05) is 33.1 Å². The highest BCUT2D eigenvalue weighted by molar-refractivity contribution is 7.58. The van der Waals surface area contributed by atoms with Crippen LogP contribution in [0.2, 0.25) is 0 Å². The van der Waals surface area contributed by atoms with Crippen molar-refractivity contribution in [3.63, 3.8) is 0 Å². The Kier molecular flexibility index (Phi) is 7.29. The normalized spacial score (nSPS) is 18.9. The van der Waals surface area contributed by atoms with E-state index in [-0.39, 0.29) is 41.3 Å². The zero-order chi connectivity index (χ0) is 20.2. The maximum absolute atomic E-state index is 12.8. The fourth-order valence-corrected chi connectivity index (χ4v) is 5.88. The topological polar surface area (TPSA) is 107 Å². The van der Waals surface area contributed by atoms with Crippen molar-refractivity contribution in [3.05, 3.63) is 27.7 Å². The molecule has 0 aliphatic heterocycles. The minimum atomic E-state index is -3.61. The predicted molar refractivity (Wildman–Crippen MR) is 102 cm³/mol. The molecule has 1 unspecified atom stereocenters. The van der Waals surface area contributed by atoms with Gasteiger partial charge in [-0.25, -0.2) is 9.59 Å². The van der Waals surface area contributed by atoms with Gasteiger partial charge >= 0.3 is 11.8 Å². The van der Waals surface area contributed by atoms with Crippen molar-refractivity contribution in [1.29, 1.82) is 0 Å². The lowest BCUT2D eigenvalue weighted by Crippen LogP contribution is -2.19. The third kappa shape index (κ3) is 5.69. The molecule has 1 atom stereocenters. The molecule has 0 bridgehead atoms. The van der Waals surface area contributed by atoms with Crippen LogP contribution in [-0.2, 0) is 14.1 Å². The van der Waals surface area contributed by atoms with E-state index in [1.54, 1.807) is 6.92 Å². The Hall–Kier alpha value is -1.59. The van der Waals surface area contributed by atoms with Crippen LogP contribution in [0, 0.1) is 18.8 Å². The Morgan fingerprint density at radius 3 is 2.37 bits per heavy atom. The minimum absolute atomic E-state index is 0.00598. The second kappa shape index (κ2) is 9.07. The number of allylic oxidation sites excluding steroid dienone is 1. The first-order valence-corrected chi connectivity index (χ1v) is 11.4. The maximum Gasteiger partial charge on any atom is 0.519 e. The van der Waals surface area contributed by atoms with Gasteiger partial charge in [-0.15, -0.1) is 0 Å². The van der Waals surface area contributed by atoms with Crippen molar-refractivity contribution in [2.45, 2.75) is 52.9 Å². The SMILES string of the molecule is COC(=O)C(CP(=O)(O)CC(C)C)=C(c1oc(=O)oc1C)C1CCCCC1. The van der Waals surface area contributed by atoms with Crippen molar-refractivity contribution in [1.82, 2.24) is 0 Å². The van der Waals surface area contributed by atoms with E-state index in [1.807, 2.05) is 13.8 Å². The van der Waals surface area contributed by atoms with E-state index >= 15 is 0 Å². The van der Waals surface area contributed by atoms with Crippen LogP contribution in [0.15, 0.2) is 19.2 Å². The van der Waals surface area contributed by atoms with E-state index in [1.165, 1.54) is 7.11 Å². The molecule has 1 heterocycles. The van der Waals surface area contributed by atoms with Crippen molar-refractivity contribution in [2.75, 3.05) is 19.4 Å². The second-order valence-corrected chi connectivity index (χ2v) is 10.0. The summed E-state index contributed by atoms with van der Waals surface area (Å²) in [5.74, 6) is -1.11. The Morgan fingerprint density at radius 1 is 1.26 bits per heavy atom. The van der Waals surface area contributed by atoms with Gasteiger partial charge in [0, 0.05) is 11.7 Å². The van der Waals surface area contributed by atoms with Crippen molar-refractivity contribution in [3.8, 4) is 0 Å². The van der Waals surface area contributed by atoms with E-state index < -0.39 is 19.2 Å². The number of aryl methyl sites for hydroxylation is 1. The summed E-state index contributed by atoms with van der Waals surface area (Å²) >= 11 is 0. The Bertz CT molecular complexity index is 793. The zero-order valence-corrected chi connectivity index (χ0v) is 17.3. The van der Waals surface area contributed by atoms with Crippen molar-refractivity contribution < 1.29 is 27.8 Å². The number of carbonyl (C=O) groups is 1. The summed E-state index contributed by atoms with van der Waals surface area (Å²) in [5.41, 5.74) is 0.603. The monoisotopic (exact) mass is 400 g/mol. The van der Waals surface area contributed by atoms with Crippen LogP contribution in [0.1, 0.15) is 57.5 Å². The van der Waals surface area contributed by atoms with Crippen molar-refractivity contribution >= 4 is 18.9 Å². The van der Waals surface area contributed by atoms with Gasteiger partial charge in [0.05, 0.1) is 18.8 Å². The second-order valence-electron chi connectivity index (χ2n) is 7.64. The van der Waals surface area contributed by atoms with Gasteiger partial charge < -0.3 is 18.5 Å². The molecule has 1 fully saturated rings. The molecule has 1 aromatic rings. The van der Waals surface area contributed by atoms with Crippen LogP contribution in [0.5, 0.6) is 0 Å². The standard InChI is InChI=1S/C19H29O7P/c1-12(2)10-27(22,23)11-15(18(20)24-4)16(14-8-6-5-7-9-14)17-13(3)25-19(21)26-17/h12,14H,5-11H2,1-4H3,(H,22,23). The van der Waals surface area contributed by atoms with Gasteiger partial charge in [0.1, 0.15) is 0 Å². The smallest absolute Gasteiger partial charge is 0.466 e. The fraction of sp³-hybridized carbons (Fsp3) is 0.684. The molecular weight excluding hydrogens is 371 g/mol. The molecule has 1 aliphatic carbocycles. The fourth-order valence-electron chi connectivity index (χ4n) is 3.82. The molecule has 0 amide bonds. The van der Waals surface area contributed by atoms with Crippen LogP contribution in [0.4, 0.5) is 0 Å². The van der Waals surface area contributed by atoms with Gasteiger partial charge in [-0.3, -0.25) is 4.57 Å². The number of hydrogen-bond acceptors (Lipinski definition) is 6. The quantitative estimate of drug-likeness (QED) is 0.419. The molecule has 1 aliphatic rings. The lowest BCUT2D eigenvalue weighted by atomic mass is 9.80. The van der Waals surface area contributed by atoms with E-state index in [4.69, 9.17) is 13.6 Å². The van der Waals surface area contributed by atoms with E-state index in [9.17, 15) is 19.0 Å². The third-order valence-electron chi connectivity index (χ3n) is 4.81. The molecule has 1 N–H and O–H groups in total. The van der Waals surface area contributed by atoms with E-state index in [0.29, 0.717) is 5.57 Å². The predicted octanol–water partition coefficient (Wildman–Crippen LogP) is 3.97. The average molecular weight is 400 g/mol. The van der Waals surface area contributed by atoms with Crippen LogP contribution < -0.4 is 5.82 Å². The van der Waals surface area contributed by atoms with Crippen LogP contribution in [-0.4, -0.2) is 30.3 Å². The largest absolute Gasteiger partial charge is 0.519 e. The molecular formula is C19H29O7P.